The first kappa shape index (κ1) is 22.4. The Morgan fingerprint density at radius 2 is 1.91 bits per heavy atom. The smallest absolute Gasteiger partial charge is 0.272 e. The molecule has 0 aliphatic rings. The summed E-state index contributed by atoms with van der Waals surface area (Å²) in [5.74, 6) is 0.105. The number of hydrogen-bond acceptors (Lipinski definition) is 6. The van der Waals surface area contributed by atoms with Gasteiger partial charge in [0.1, 0.15) is 11.9 Å². The van der Waals surface area contributed by atoms with Crippen molar-refractivity contribution in [1.29, 1.82) is 5.26 Å². The molecule has 3 aromatic carbocycles. The molecule has 34 heavy (non-hydrogen) atoms. The summed E-state index contributed by atoms with van der Waals surface area (Å²) in [4.78, 5) is 17.6. The maximum atomic E-state index is 13.3. The molecule has 0 atom stereocenters. The van der Waals surface area contributed by atoms with E-state index >= 15 is 0 Å². The lowest BCUT2D eigenvalue weighted by molar-refractivity contribution is 0.0956. The highest BCUT2D eigenvalue weighted by atomic mass is 19.1. The van der Waals surface area contributed by atoms with Gasteiger partial charge in [-0.1, -0.05) is 18.2 Å². The number of fused-ring (bicyclic) bond motifs is 1. The van der Waals surface area contributed by atoms with E-state index in [1.165, 1.54) is 25.5 Å². The summed E-state index contributed by atoms with van der Waals surface area (Å²) in [6, 6.07) is 21.8. The second-order valence-corrected chi connectivity index (χ2v) is 7.14. The Balaban J connectivity index is 1.59. The van der Waals surface area contributed by atoms with Gasteiger partial charge in [-0.25, -0.2) is 14.8 Å². The molecule has 0 spiro atoms. The van der Waals surface area contributed by atoms with E-state index in [0.29, 0.717) is 44.8 Å². The molecule has 168 valence electrons. The third-order valence-electron chi connectivity index (χ3n) is 4.96. The van der Waals surface area contributed by atoms with Crippen molar-refractivity contribution in [2.75, 3.05) is 13.7 Å². The van der Waals surface area contributed by atoms with Crippen LogP contribution >= 0.6 is 0 Å². The second-order valence-electron chi connectivity index (χ2n) is 7.14. The van der Waals surface area contributed by atoms with Crippen LogP contribution in [0.3, 0.4) is 0 Å². The summed E-state index contributed by atoms with van der Waals surface area (Å²) in [5, 5.41) is 13.4. The number of hydrazone groups is 1. The number of pyridine rings is 1. The topological polar surface area (TPSA) is 96.6 Å². The Morgan fingerprint density at radius 3 is 2.68 bits per heavy atom. The molecule has 0 bridgehead atoms. The lowest BCUT2D eigenvalue weighted by Crippen LogP contribution is -2.18. The zero-order chi connectivity index (χ0) is 23.9. The normalized spacial score (nSPS) is 10.7. The van der Waals surface area contributed by atoms with E-state index in [1.807, 2.05) is 24.3 Å². The van der Waals surface area contributed by atoms with Gasteiger partial charge in [-0.15, -0.1) is 0 Å². The fourth-order valence-electron chi connectivity index (χ4n) is 3.35. The first-order valence-electron chi connectivity index (χ1n) is 10.3. The van der Waals surface area contributed by atoms with Gasteiger partial charge in [-0.2, -0.15) is 10.4 Å². The Kier molecular flexibility index (Phi) is 6.75. The van der Waals surface area contributed by atoms with Crippen LogP contribution in [-0.4, -0.2) is 30.8 Å². The highest BCUT2D eigenvalue weighted by Gasteiger charge is 2.14. The summed E-state index contributed by atoms with van der Waals surface area (Å²) < 4.78 is 23.9. The number of para-hydroxylation sites is 1. The van der Waals surface area contributed by atoms with Crippen molar-refractivity contribution in [3.63, 3.8) is 0 Å². The number of halogens is 1. The molecular formula is C26H19FN4O3. The standard InChI is InChI=1S/C26H19FN4O3/c1-33-25-14-17(6-11-24(25)34-13-12-28)16-29-31-26(32)21-15-23(18-7-9-19(27)10-8-18)30-22-5-3-2-4-20(21)22/h2-11,14-16H,13H2,1H3,(H,31,32)/b29-16+. The van der Waals surface area contributed by atoms with Crippen LogP contribution in [-0.2, 0) is 0 Å². The Labute approximate surface area is 195 Å². The summed E-state index contributed by atoms with van der Waals surface area (Å²) in [7, 11) is 1.49. The number of carbonyl (C=O) groups excluding carboxylic acids is 1. The van der Waals surface area contributed by atoms with Crippen LogP contribution in [0, 0.1) is 17.1 Å². The number of nitrogens with one attached hydrogen (secondary N) is 1. The summed E-state index contributed by atoms with van der Waals surface area (Å²) >= 11 is 0. The van der Waals surface area contributed by atoms with Crippen LogP contribution in [0.5, 0.6) is 11.5 Å². The predicted octanol–water partition coefficient (Wildman–Crippen LogP) is 4.72. The highest BCUT2D eigenvalue weighted by Crippen LogP contribution is 2.28. The molecule has 4 rings (SSSR count). The SMILES string of the molecule is COc1cc(/C=N/NC(=O)c2cc(-c3ccc(F)cc3)nc3ccccc23)ccc1OCC#N. The summed E-state index contributed by atoms with van der Waals surface area (Å²) in [6.07, 6.45) is 1.47. The summed E-state index contributed by atoms with van der Waals surface area (Å²) in [6.45, 7) is -0.0976. The van der Waals surface area contributed by atoms with Crippen LogP contribution < -0.4 is 14.9 Å². The van der Waals surface area contributed by atoms with Crippen molar-refractivity contribution in [1.82, 2.24) is 10.4 Å². The molecule has 1 heterocycles. The maximum absolute atomic E-state index is 13.3. The molecule has 0 saturated heterocycles. The molecule has 1 N–H and O–H groups in total. The van der Waals surface area contributed by atoms with Gasteiger partial charge in [-0.3, -0.25) is 4.79 Å². The van der Waals surface area contributed by atoms with Crippen molar-refractivity contribution < 1.29 is 18.7 Å². The Bertz CT molecular complexity index is 1410. The van der Waals surface area contributed by atoms with Crippen LogP contribution in [0.4, 0.5) is 4.39 Å². The van der Waals surface area contributed by atoms with Crippen LogP contribution in [0.1, 0.15) is 15.9 Å². The van der Waals surface area contributed by atoms with Crippen molar-refractivity contribution in [3.8, 4) is 28.8 Å². The van der Waals surface area contributed by atoms with E-state index in [2.05, 4.69) is 15.5 Å². The summed E-state index contributed by atoms with van der Waals surface area (Å²) in [5.41, 5.74) is 5.46. The number of ether oxygens (including phenoxy) is 2. The van der Waals surface area contributed by atoms with Crippen LogP contribution in [0.25, 0.3) is 22.2 Å². The molecule has 0 aliphatic heterocycles. The lowest BCUT2D eigenvalue weighted by Gasteiger charge is -2.09. The van der Waals surface area contributed by atoms with Crippen molar-refractivity contribution in [3.05, 3.63) is 89.7 Å². The predicted molar refractivity (Wildman–Crippen MR) is 126 cm³/mol. The van der Waals surface area contributed by atoms with Crippen LogP contribution in [0.15, 0.2) is 77.9 Å². The van der Waals surface area contributed by atoms with Gasteiger partial charge in [0.05, 0.1) is 30.1 Å². The molecular weight excluding hydrogens is 435 g/mol. The van der Waals surface area contributed by atoms with Crippen molar-refractivity contribution in [2.24, 2.45) is 5.10 Å². The molecule has 1 aromatic heterocycles. The molecule has 0 unspecified atom stereocenters. The van der Waals surface area contributed by atoms with Gasteiger partial charge < -0.3 is 9.47 Å². The molecule has 0 aliphatic carbocycles. The van der Waals surface area contributed by atoms with Gasteiger partial charge in [0.15, 0.2) is 18.1 Å². The molecule has 1 amide bonds. The van der Waals surface area contributed by atoms with Gasteiger partial charge >= 0.3 is 0 Å². The fraction of sp³-hybridized carbons (Fsp3) is 0.0769. The maximum Gasteiger partial charge on any atom is 0.272 e. The van der Waals surface area contributed by atoms with Gasteiger partial charge in [0.25, 0.3) is 5.91 Å². The molecule has 8 heteroatoms. The third-order valence-corrected chi connectivity index (χ3v) is 4.96. The zero-order valence-electron chi connectivity index (χ0n) is 18.2. The van der Waals surface area contributed by atoms with Gasteiger partial charge in [0.2, 0.25) is 0 Å². The van der Waals surface area contributed by atoms with Crippen LogP contribution in [0.2, 0.25) is 0 Å². The van der Waals surface area contributed by atoms with Crippen molar-refractivity contribution >= 4 is 23.0 Å². The minimum Gasteiger partial charge on any atom is -0.493 e. The number of benzene rings is 3. The number of nitrogens with zero attached hydrogens (tertiary/aromatic N) is 3. The largest absolute Gasteiger partial charge is 0.493 e. The molecule has 0 fully saturated rings. The molecule has 7 nitrogen and oxygen atoms in total. The molecule has 4 aromatic rings. The van der Waals surface area contributed by atoms with E-state index in [1.54, 1.807) is 42.5 Å². The quantitative estimate of drug-likeness (QED) is 0.322. The van der Waals surface area contributed by atoms with E-state index in [4.69, 9.17) is 14.7 Å². The number of aromatic nitrogens is 1. The average Bonchev–Trinajstić information content (AvgIpc) is 2.87. The fourth-order valence-corrected chi connectivity index (χ4v) is 3.35. The molecule has 0 saturated carbocycles. The third kappa shape index (κ3) is 5.00. The zero-order valence-corrected chi connectivity index (χ0v) is 18.2. The lowest BCUT2D eigenvalue weighted by atomic mass is 10.0. The minimum atomic E-state index is -0.417. The second kappa shape index (κ2) is 10.2. The number of carbonyl (C=O) groups is 1. The number of rotatable bonds is 7. The van der Waals surface area contributed by atoms with E-state index in [-0.39, 0.29) is 12.4 Å². The van der Waals surface area contributed by atoms with Gasteiger partial charge in [0, 0.05) is 10.9 Å². The first-order chi connectivity index (χ1) is 16.6. The monoisotopic (exact) mass is 454 g/mol. The number of methoxy groups -OCH3 is 1. The Hall–Kier alpha value is -4.77. The van der Waals surface area contributed by atoms with E-state index in [0.717, 1.165) is 0 Å². The Morgan fingerprint density at radius 1 is 1.12 bits per heavy atom. The number of nitriles is 1. The average molecular weight is 454 g/mol. The number of amides is 1. The van der Waals surface area contributed by atoms with E-state index in [9.17, 15) is 9.18 Å². The van der Waals surface area contributed by atoms with Gasteiger partial charge in [-0.05, 0) is 60.2 Å². The van der Waals surface area contributed by atoms with E-state index < -0.39 is 5.91 Å². The number of hydrogen-bond donors (Lipinski definition) is 1. The highest BCUT2D eigenvalue weighted by molar-refractivity contribution is 6.07. The van der Waals surface area contributed by atoms with Crippen molar-refractivity contribution in [2.45, 2.75) is 0 Å². The first-order valence-corrected chi connectivity index (χ1v) is 10.3. The molecule has 0 radical (unpaired) electrons. The minimum absolute atomic E-state index is 0.0976.